The van der Waals surface area contributed by atoms with Crippen molar-refractivity contribution in [3.8, 4) is 0 Å². The number of phosphoric acid groups is 2. The summed E-state index contributed by atoms with van der Waals surface area (Å²) < 4.78 is 120. The van der Waals surface area contributed by atoms with Crippen LogP contribution in [0.3, 0.4) is 0 Å². The highest BCUT2D eigenvalue weighted by Gasteiger charge is 2.60. The molecule has 60 heavy (non-hydrogen) atoms. The third-order valence-electron chi connectivity index (χ3n) is 8.84. The third kappa shape index (κ3) is 15.3. The van der Waals surface area contributed by atoms with E-state index < -0.39 is 67.0 Å². The molecule has 1 aliphatic rings. The molecule has 18 heteroatoms. The van der Waals surface area contributed by atoms with Crippen LogP contribution in [-0.2, 0) is 90.4 Å². The summed E-state index contributed by atoms with van der Waals surface area (Å²) in [4.78, 5) is 0. The largest absolute Gasteiger partial charge is 0.475 e. The molecule has 0 aromatic heterocycles. The van der Waals surface area contributed by atoms with E-state index in [4.69, 9.17) is 45.7 Å². The quantitative estimate of drug-likeness (QED) is 0.0611. The molecule has 0 unspecified atom stereocenters. The number of rotatable bonds is 24. The molecule has 0 spiro atoms. The van der Waals surface area contributed by atoms with E-state index in [9.17, 15) is 9.13 Å². The molecule has 14 nitrogen and oxygen atoms in total. The zero-order valence-electron chi connectivity index (χ0n) is 34.8. The van der Waals surface area contributed by atoms with Crippen LogP contribution in [0.4, 0.5) is 0 Å². The number of hydrogen-bond donors (Lipinski definition) is 0. The Bertz CT molecular complexity index is 1820. The van der Waals surface area contributed by atoms with Crippen molar-refractivity contribution < 1.29 is 63.9 Å². The minimum Gasteiger partial charge on any atom is -0.373 e. The van der Waals surface area contributed by atoms with E-state index >= 15 is 9.13 Å². The van der Waals surface area contributed by atoms with E-state index in [-0.39, 0.29) is 39.6 Å². The van der Waals surface area contributed by atoms with Crippen LogP contribution in [-0.4, -0.2) is 76.5 Å². The molecule has 328 valence electrons. The maximum Gasteiger partial charge on any atom is 0.475 e. The van der Waals surface area contributed by atoms with Gasteiger partial charge in [-0.2, -0.15) is 0 Å². The molecule has 0 bridgehead atoms. The van der Waals surface area contributed by atoms with Crippen molar-refractivity contribution in [2.24, 2.45) is 0 Å². The first-order valence-electron chi connectivity index (χ1n) is 19.6. The van der Waals surface area contributed by atoms with Gasteiger partial charge in [0.15, 0.2) is 14.7 Å². The summed E-state index contributed by atoms with van der Waals surface area (Å²) in [6, 6.07) is 36.0. The van der Waals surface area contributed by atoms with E-state index in [0.29, 0.717) is 22.3 Å². The molecule has 5 rings (SSSR count). The zero-order chi connectivity index (χ0) is 43.2. The van der Waals surface area contributed by atoms with Gasteiger partial charge in [-0.25, -0.2) is 9.13 Å². The fourth-order valence-corrected chi connectivity index (χ4v) is 10.7. The third-order valence-corrected chi connectivity index (χ3v) is 13.1. The fourth-order valence-electron chi connectivity index (χ4n) is 6.36. The van der Waals surface area contributed by atoms with Gasteiger partial charge in [0.2, 0.25) is 0 Å². The van der Waals surface area contributed by atoms with Crippen molar-refractivity contribution in [2.45, 2.75) is 76.9 Å². The predicted octanol–water partition coefficient (Wildman–Crippen LogP) is 10.5. The lowest BCUT2D eigenvalue weighted by molar-refractivity contribution is -0.227. The Balaban J connectivity index is 1.65. The first kappa shape index (κ1) is 48.4. The molecule has 6 atom stereocenters. The van der Waals surface area contributed by atoms with Gasteiger partial charge in [-0.15, -0.1) is 0 Å². The number of hydrogen-bond acceptors (Lipinski definition) is 14. The molecule has 4 aromatic rings. The monoisotopic (exact) mass is 908 g/mol. The highest BCUT2D eigenvalue weighted by Crippen LogP contribution is 2.60. The van der Waals surface area contributed by atoms with Crippen LogP contribution in [0.25, 0.3) is 0 Å². The standard InChI is InChI=1S/C42H56O14P4/c1-7-47-37-39(53-57(3,4)43)40(54-58(5,6)44)38(48-8-2)42(56-60(46,51-31-35-25-17-11-18-26-35)52-32-36-27-19-12-20-28-36)41(37)55-59(45,49-29-33-21-13-9-14-22-33)50-30-34-23-15-10-16-24-34/h9-28,37-42H,7-8,29-32H2,1-6H3/t37-,38+,39-,40-,41+,42+/m0/s1. The number of benzene rings is 4. The van der Waals surface area contributed by atoms with Crippen LogP contribution in [0, 0.1) is 0 Å². The lowest BCUT2D eigenvalue weighted by Gasteiger charge is -2.50. The van der Waals surface area contributed by atoms with Crippen molar-refractivity contribution in [2.75, 3.05) is 39.9 Å². The van der Waals surface area contributed by atoms with Gasteiger partial charge in [0.05, 0.1) is 26.4 Å². The molecule has 1 saturated carbocycles. The van der Waals surface area contributed by atoms with Crippen molar-refractivity contribution in [3.63, 3.8) is 0 Å². The summed E-state index contributed by atoms with van der Waals surface area (Å²) in [5.41, 5.74) is 2.66. The minimum atomic E-state index is -4.70. The second-order valence-electron chi connectivity index (χ2n) is 14.6. The lowest BCUT2D eigenvalue weighted by atomic mass is 9.84. The molecule has 0 N–H and O–H groups in total. The molecule has 0 radical (unpaired) electrons. The van der Waals surface area contributed by atoms with Crippen LogP contribution in [0.2, 0.25) is 0 Å². The Hall–Kier alpha value is -2.60. The Morgan fingerprint density at radius 2 is 0.600 bits per heavy atom. The highest BCUT2D eigenvalue weighted by atomic mass is 31.2. The summed E-state index contributed by atoms with van der Waals surface area (Å²) in [5.74, 6) is 0. The second kappa shape index (κ2) is 22.7. The SMILES string of the molecule is CCO[C@@H]1[C@H](OP(C)(C)=O)[C@@H](OP(C)(C)=O)[C@H](OCC)[C@@H](OP(=O)(OCc2ccccc2)OCc2ccccc2)[C@@H]1OP(=O)(OCc1ccccc1)OCc1ccccc1. The van der Waals surface area contributed by atoms with E-state index in [1.54, 1.807) is 111 Å². The Morgan fingerprint density at radius 3 is 0.817 bits per heavy atom. The Kier molecular flexibility index (Phi) is 18.3. The van der Waals surface area contributed by atoms with Crippen LogP contribution in [0.15, 0.2) is 121 Å². The number of ether oxygens (including phenoxy) is 2. The van der Waals surface area contributed by atoms with Crippen LogP contribution >= 0.6 is 30.4 Å². The van der Waals surface area contributed by atoms with Gasteiger partial charge >= 0.3 is 15.6 Å². The Labute approximate surface area is 353 Å². The molecule has 0 amide bonds. The summed E-state index contributed by atoms with van der Waals surface area (Å²) in [6.45, 7) is 8.25. The topological polar surface area (TPSA) is 161 Å². The van der Waals surface area contributed by atoms with Gasteiger partial charge in [-0.1, -0.05) is 121 Å². The van der Waals surface area contributed by atoms with E-state index in [1.165, 1.54) is 26.7 Å². The first-order valence-corrected chi connectivity index (χ1v) is 27.6. The second-order valence-corrected chi connectivity index (χ2v) is 23.2. The number of phosphoric ester groups is 2. The minimum absolute atomic E-state index is 0.0174. The normalized spacial score (nSPS) is 21.5. The van der Waals surface area contributed by atoms with Crippen LogP contribution < -0.4 is 0 Å². The zero-order valence-corrected chi connectivity index (χ0v) is 38.3. The molecular formula is C42H56O14P4. The van der Waals surface area contributed by atoms with Crippen LogP contribution in [0.5, 0.6) is 0 Å². The Morgan fingerprint density at radius 1 is 0.367 bits per heavy atom. The van der Waals surface area contributed by atoms with Crippen molar-refractivity contribution >= 4 is 30.4 Å². The molecule has 0 heterocycles. The molecule has 0 saturated heterocycles. The first-order chi connectivity index (χ1) is 28.6. The van der Waals surface area contributed by atoms with Gasteiger partial charge in [0, 0.05) is 39.9 Å². The van der Waals surface area contributed by atoms with Gasteiger partial charge in [0.25, 0.3) is 0 Å². The van der Waals surface area contributed by atoms with Gasteiger partial charge < -0.3 is 18.5 Å². The van der Waals surface area contributed by atoms with Crippen molar-refractivity contribution in [1.29, 1.82) is 0 Å². The molecule has 1 aliphatic carbocycles. The summed E-state index contributed by atoms with van der Waals surface area (Å²) >= 11 is 0. The molecule has 4 aromatic carbocycles. The smallest absolute Gasteiger partial charge is 0.373 e. The molecule has 0 aliphatic heterocycles. The molecule has 1 fully saturated rings. The predicted molar refractivity (Wildman–Crippen MR) is 229 cm³/mol. The van der Waals surface area contributed by atoms with Crippen LogP contribution in [0.1, 0.15) is 36.1 Å². The van der Waals surface area contributed by atoms with E-state index in [1.807, 2.05) is 24.3 Å². The highest BCUT2D eigenvalue weighted by molar-refractivity contribution is 7.57. The van der Waals surface area contributed by atoms with Crippen molar-refractivity contribution in [1.82, 2.24) is 0 Å². The maximum absolute atomic E-state index is 15.2. The van der Waals surface area contributed by atoms with E-state index in [2.05, 4.69) is 0 Å². The van der Waals surface area contributed by atoms with Gasteiger partial charge in [-0.3, -0.25) is 36.3 Å². The maximum atomic E-state index is 15.2. The fraction of sp³-hybridized carbons (Fsp3) is 0.429. The average molecular weight is 909 g/mol. The summed E-state index contributed by atoms with van der Waals surface area (Å²) in [6.07, 6.45) is -8.62. The molecular weight excluding hydrogens is 852 g/mol. The van der Waals surface area contributed by atoms with Gasteiger partial charge in [0.1, 0.15) is 36.6 Å². The van der Waals surface area contributed by atoms with Crippen molar-refractivity contribution in [3.05, 3.63) is 144 Å². The summed E-state index contributed by atoms with van der Waals surface area (Å²) in [5, 5.41) is 0. The lowest BCUT2D eigenvalue weighted by Crippen LogP contribution is -2.66. The summed E-state index contributed by atoms with van der Waals surface area (Å²) in [7, 11) is -16.2. The average Bonchev–Trinajstić information content (AvgIpc) is 3.22. The van der Waals surface area contributed by atoms with E-state index in [0.717, 1.165) is 0 Å². The van der Waals surface area contributed by atoms with Gasteiger partial charge in [-0.05, 0) is 36.1 Å².